The van der Waals surface area contributed by atoms with Gasteiger partial charge in [0, 0.05) is 22.2 Å². The van der Waals surface area contributed by atoms with Crippen LogP contribution in [0.4, 0.5) is 0 Å². The van der Waals surface area contributed by atoms with Gasteiger partial charge in [-0.3, -0.25) is 0 Å². The van der Waals surface area contributed by atoms with Gasteiger partial charge in [0.2, 0.25) is 6.79 Å². The Bertz CT molecular complexity index is 697. The van der Waals surface area contributed by atoms with Gasteiger partial charge in [-0.05, 0) is 30.3 Å². The summed E-state index contributed by atoms with van der Waals surface area (Å²) in [6.45, 7) is 0.311. The monoisotopic (exact) mass is 237 g/mol. The van der Waals surface area contributed by atoms with Crippen LogP contribution < -0.4 is 9.47 Å². The number of fused-ring (bicyclic) bond motifs is 2. The lowest BCUT2D eigenvalue weighted by Gasteiger charge is -2.00. The van der Waals surface area contributed by atoms with Crippen LogP contribution in [-0.4, -0.2) is 11.8 Å². The minimum atomic E-state index is 0.311. The lowest BCUT2D eigenvalue weighted by molar-refractivity contribution is 0.174. The number of aromatic amines is 1. The number of hydrogen-bond donors (Lipinski definition) is 1. The van der Waals surface area contributed by atoms with Crippen LogP contribution in [0.3, 0.4) is 0 Å². The molecule has 0 radical (unpaired) electrons. The molecule has 0 amide bonds. The molecule has 4 rings (SSSR count). The third-order valence-electron chi connectivity index (χ3n) is 3.21. The zero-order chi connectivity index (χ0) is 11.9. The summed E-state index contributed by atoms with van der Waals surface area (Å²) in [5.74, 6) is 1.63. The normalized spacial score (nSPS) is 13.1. The van der Waals surface area contributed by atoms with Crippen molar-refractivity contribution in [3.63, 3.8) is 0 Å². The van der Waals surface area contributed by atoms with E-state index in [-0.39, 0.29) is 0 Å². The summed E-state index contributed by atoms with van der Waals surface area (Å²) < 4.78 is 10.7. The van der Waals surface area contributed by atoms with Gasteiger partial charge in [0.1, 0.15) is 0 Å². The Balaban J connectivity index is 1.86. The second-order valence-corrected chi connectivity index (χ2v) is 4.34. The van der Waals surface area contributed by atoms with Gasteiger partial charge in [-0.25, -0.2) is 0 Å². The molecule has 0 fully saturated rings. The third-order valence-corrected chi connectivity index (χ3v) is 3.21. The van der Waals surface area contributed by atoms with Crippen molar-refractivity contribution in [2.75, 3.05) is 6.79 Å². The largest absolute Gasteiger partial charge is 0.454 e. The Morgan fingerprint density at radius 1 is 0.889 bits per heavy atom. The fourth-order valence-electron chi connectivity index (χ4n) is 2.29. The molecule has 1 aliphatic rings. The van der Waals surface area contributed by atoms with Crippen LogP contribution in [0.1, 0.15) is 0 Å². The highest BCUT2D eigenvalue weighted by atomic mass is 16.7. The first kappa shape index (κ1) is 9.59. The van der Waals surface area contributed by atoms with Gasteiger partial charge in [0.05, 0.1) is 0 Å². The summed E-state index contributed by atoms with van der Waals surface area (Å²) in [4.78, 5) is 3.41. The predicted octanol–water partition coefficient (Wildman–Crippen LogP) is 3.56. The minimum Gasteiger partial charge on any atom is -0.454 e. The summed E-state index contributed by atoms with van der Waals surface area (Å²) in [5, 5.41) is 1.21. The summed E-state index contributed by atoms with van der Waals surface area (Å²) in [6.07, 6.45) is 0. The molecule has 1 aromatic heterocycles. The van der Waals surface area contributed by atoms with Crippen LogP contribution in [0.15, 0.2) is 48.5 Å². The number of ether oxygens (including phenoxy) is 2. The molecule has 0 saturated heterocycles. The van der Waals surface area contributed by atoms with Crippen LogP contribution in [0.5, 0.6) is 11.5 Å². The molecule has 0 saturated carbocycles. The highest BCUT2D eigenvalue weighted by Crippen LogP contribution is 2.36. The highest BCUT2D eigenvalue weighted by molar-refractivity contribution is 5.86. The van der Waals surface area contributed by atoms with Crippen molar-refractivity contribution < 1.29 is 9.47 Å². The van der Waals surface area contributed by atoms with E-state index in [2.05, 4.69) is 23.2 Å². The molecule has 3 aromatic rings. The Hall–Kier alpha value is -2.42. The van der Waals surface area contributed by atoms with Crippen molar-refractivity contribution in [2.45, 2.75) is 0 Å². The van der Waals surface area contributed by atoms with E-state index in [4.69, 9.17) is 9.47 Å². The third kappa shape index (κ3) is 1.37. The zero-order valence-electron chi connectivity index (χ0n) is 9.64. The summed E-state index contributed by atoms with van der Waals surface area (Å²) >= 11 is 0. The topological polar surface area (TPSA) is 34.2 Å². The first-order valence-corrected chi connectivity index (χ1v) is 5.88. The average Bonchev–Trinajstić information content (AvgIpc) is 3.04. The number of para-hydroxylation sites is 1. The van der Waals surface area contributed by atoms with Crippen molar-refractivity contribution in [1.82, 2.24) is 4.98 Å². The van der Waals surface area contributed by atoms with E-state index in [0.717, 1.165) is 28.3 Å². The fraction of sp³-hybridized carbons (Fsp3) is 0.0667. The first-order valence-electron chi connectivity index (χ1n) is 5.88. The van der Waals surface area contributed by atoms with Crippen molar-refractivity contribution >= 4 is 10.9 Å². The number of nitrogens with one attached hydrogen (secondary N) is 1. The Kier molecular flexibility index (Phi) is 1.88. The molecule has 0 spiro atoms. The van der Waals surface area contributed by atoms with Crippen LogP contribution in [0.2, 0.25) is 0 Å². The highest BCUT2D eigenvalue weighted by Gasteiger charge is 2.14. The summed E-state index contributed by atoms with van der Waals surface area (Å²) in [5.41, 5.74) is 3.34. The molecule has 1 N–H and O–H groups in total. The van der Waals surface area contributed by atoms with Crippen molar-refractivity contribution in [3.8, 4) is 22.8 Å². The number of benzene rings is 2. The van der Waals surface area contributed by atoms with E-state index in [1.165, 1.54) is 5.39 Å². The summed E-state index contributed by atoms with van der Waals surface area (Å²) in [6, 6.07) is 16.4. The van der Waals surface area contributed by atoms with Crippen LogP contribution >= 0.6 is 0 Å². The first-order chi connectivity index (χ1) is 8.90. The van der Waals surface area contributed by atoms with Crippen molar-refractivity contribution in [2.24, 2.45) is 0 Å². The molecular weight excluding hydrogens is 226 g/mol. The molecule has 0 bridgehead atoms. The molecule has 88 valence electrons. The van der Waals surface area contributed by atoms with E-state index in [0.29, 0.717) is 6.79 Å². The maximum Gasteiger partial charge on any atom is 0.231 e. The maximum atomic E-state index is 5.40. The van der Waals surface area contributed by atoms with E-state index >= 15 is 0 Å². The Labute approximate surface area is 104 Å². The zero-order valence-corrected chi connectivity index (χ0v) is 9.64. The number of H-pyrrole nitrogens is 1. The van der Waals surface area contributed by atoms with Gasteiger partial charge in [0.25, 0.3) is 0 Å². The number of aromatic nitrogens is 1. The molecule has 18 heavy (non-hydrogen) atoms. The van der Waals surface area contributed by atoms with E-state index < -0.39 is 0 Å². The van der Waals surface area contributed by atoms with Crippen molar-refractivity contribution in [3.05, 3.63) is 48.5 Å². The molecule has 3 nitrogen and oxygen atoms in total. The van der Waals surface area contributed by atoms with Gasteiger partial charge in [0.15, 0.2) is 11.5 Å². The second kappa shape index (κ2) is 3.53. The molecule has 0 aliphatic carbocycles. The molecule has 2 heterocycles. The van der Waals surface area contributed by atoms with Gasteiger partial charge in [-0.1, -0.05) is 18.2 Å². The minimum absolute atomic E-state index is 0.311. The standard InChI is InChI=1S/C15H11NO2/c1-2-4-12-10(3-1)7-13(16-12)11-5-6-14-15(8-11)18-9-17-14/h1-8,16H,9H2. The van der Waals surface area contributed by atoms with Gasteiger partial charge < -0.3 is 14.5 Å². The molecule has 3 heteroatoms. The maximum absolute atomic E-state index is 5.40. The smallest absolute Gasteiger partial charge is 0.231 e. The molecule has 0 atom stereocenters. The van der Waals surface area contributed by atoms with E-state index in [1.807, 2.05) is 30.3 Å². The molecular formula is C15H11NO2. The SMILES string of the molecule is c1ccc2[nH]c(-c3ccc4c(c3)OCO4)cc2c1. The molecule has 0 unspecified atom stereocenters. The Morgan fingerprint density at radius 3 is 2.72 bits per heavy atom. The Morgan fingerprint density at radius 2 is 1.78 bits per heavy atom. The second-order valence-electron chi connectivity index (χ2n) is 4.34. The average molecular weight is 237 g/mol. The summed E-state index contributed by atoms with van der Waals surface area (Å²) in [7, 11) is 0. The van der Waals surface area contributed by atoms with Crippen LogP contribution in [0, 0.1) is 0 Å². The van der Waals surface area contributed by atoms with Crippen LogP contribution in [-0.2, 0) is 0 Å². The predicted molar refractivity (Wildman–Crippen MR) is 69.9 cm³/mol. The quantitative estimate of drug-likeness (QED) is 0.702. The van der Waals surface area contributed by atoms with Crippen molar-refractivity contribution in [1.29, 1.82) is 0 Å². The number of hydrogen-bond acceptors (Lipinski definition) is 2. The van der Waals surface area contributed by atoms with Gasteiger partial charge in [-0.15, -0.1) is 0 Å². The fourth-order valence-corrected chi connectivity index (χ4v) is 2.29. The van der Waals surface area contributed by atoms with E-state index in [1.54, 1.807) is 0 Å². The van der Waals surface area contributed by atoms with Crippen LogP contribution in [0.25, 0.3) is 22.2 Å². The number of rotatable bonds is 1. The van der Waals surface area contributed by atoms with Gasteiger partial charge in [-0.2, -0.15) is 0 Å². The van der Waals surface area contributed by atoms with Gasteiger partial charge >= 0.3 is 0 Å². The molecule has 2 aromatic carbocycles. The van der Waals surface area contributed by atoms with E-state index in [9.17, 15) is 0 Å². The lowest BCUT2D eigenvalue weighted by atomic mass is 10.1. The lowest BCUT2D eigenvalue weighted by Crippen LogP contribution is -1.92. The molecule has 1 aliphatic heterocycles.